The van der Waals surface area contributed by atoms with Crippen molar-refractivity contribution in [3.05, 3.63) is 30.3 Å². The van der Waals surface area contributed by atoms with Crippen LogP contribution in [0, 0.1) is 0 Å². The predicted molar refractivity (Wildman–Crippen MR) is 70.0 cm³/mol. The second kappa shape index (κ2) is 5.27. The van der Waals surface area contributed by atoms with Gasteiger partial charge in [0.05, 0.1) is 16.9 Å². The van der Waals surface area contributed by atoms with Gasteiger partial charge >= 0.3 is 0 Å². The summed E-state index contributed by atoms with van der Waals surface area (Å²) < 4.78 is 24.5. The monoisotopic (exact) mass is 258 g/mol. The average Bonchev–Trinajstić information content (AvgIpc) is 2.17. The number of nitrogens with zero attached hydrogens (tertiary/aromatic N) is 1. The van der Waals surface area contributed by atoms with Crippen LogP contribution >= 0.6 is 12.2 Å². The van der Waals surface area contributed by atoms with Crippen molar-refractivity contribution in [1.82, 2.24) is 0 Å². The number of sulfonamides is 1. The minimum Gasteiger partial charge on any atom is -0.393 e. The molecule has 0 aromatic heterocycles. The topological polar surface area (TPSA) is 63.4 Å². The molecule has 0 saturated carbocycles. The van der Waals surface area contributed by atoms with E-state index in [2.05, 4.69) is 0 Å². The van der Waals surface area contributed by atoms with E-state index in [0.29, 0.717) is 17.1 Å². The molecule has 0 unspecified atom stereocenters. The van der Waals surface area contributed by atoms with Crippen molar-refractivity contribution in [3.63, 3.8) is 0 Å². The molecule has 0 amide bonds. The summed E-state index contributed by atoms with van der Waals surface area (Å²) in [6, 6.07) is 8.88. The van der Waals surface area contributed by atoms with Gasteiger partial charge < -0.3 is 5.73 Å². The minimum atomic E-state index is -3.30. The first-order chi connectivity index (χ1) is 7.41. The van der Waals surface area contributed by atoms with Crippen LogP contribution in [0.3, 0.4) is 0 Å². The van der Waals surface area contributed by atoms with Gasteiger partial charge in [0.1, 0.15) is 0 Å². The Morgan fingerprint density at radius 2 is 1.94 bits per heavy atom. The number of thiocarbonyl (C=S) groups is 1. The Morgan fingerprint density at radius 1 is 1.38 bits per heavy atom. The average molecular weight is 258 g/mol. The Kier molecular flexibility index (Phi) is 4.26. The summed E-state index contributed by atoms with van der Waals surface area (Å²) in [5.41, 5.74) is 6.00. The largest absolute Gasteiger partial charge is 0.393 e. The summed E-state index contributed by atoms with van der Waals surface area (Å²) in [7, 11) is -3.30. The van der Waals surface area contributed by atoms with Crippen LogP contribution in [0.5, 0.6) is 0 Å². The van der Waals surface area contributed by atoms with Crippen molar-refractivity contribution < 1.29 is 8.42 Å². The molecule has 0 spiro atoms. The molecule has 1 aromatic carbocycles. The summed E-state index contributed by atoms with van der Waals surface area (Å²) in [5, 5.41) is 0. The Balaban J connectivity index is 2.94. The number of para-hydroxylation sites is 1. The molecule has 0 aliphatic rings. The van der Waals surface area contributed by atoms with E-state index < -0.39 is 10.0 Å². The molecule has 0 radical (unpaired) electrons. The number of hydrogen-bond acceptors (Lipinski definition) is 3. The van der Waals surface area contributed by atoms with Crippen molar-refractivity contribution in [2.75, 3.05) is 17.1 Å². The molecule has 1 rings (SSSR count). The molecule has 0 fully saturated rings. The normalized spacial score (nSPS) is 11.1. The SMILES string of the molecule is CS(=O)(=O)N(CCC(N)=S)c1ccccc1. The lowest BCUT2D eigenvalue weighted by Gasteiger charge is -2.21. The lowest BCUT2D eigenvalue weighted by atomic mass is 10.3. The van der Waals surface area contributed by atoms with Gasteiger partial charge in [-0.2, -0.15) is 0 Å². The smallest absolute Gasteiger partial charge is 0.232 e. The third-order valence-corrected chi connectivity index (χ3v) is 3.40. The standard InChI is InChI=1S/C10H14N2O2S2/c1-16(13,14)12(8-7-10(11)15)9-5-3-2-4-6-9/h2-6H,7-8H2,1H3,(H2,11,15). The second-order valence-electron chi connectivity index (χ2n) is 3.39. The highest BCUT2D eigenvalue weighted by Crippen LogP contribution is 2.16. The van der Waals surface area contributed by atoms with E-state index in [1.165, 1.54) is 10.6 Å². The van der Waals surface area contributed by atoms with Crippen LogP contribution in [0.2, 0.25) is 0 Å². The maximum Gasteiger partial charge on any atom is 0.232 e. The third-order valence-electron chi connectivity index (χ3n) is 2.01. The molecular formula is C10H14N2O2S2. The Hall–Kier alpha value is -1.14. The van der Waals surface area contributed by atoms with Gasteiger partial charge in [0, 0.05) is 13.0 Å². The number of benzene rings is 1. The van der Waals surface area contributed by atoms with Gasteiger partial charge in [-0.25, -0.2) is 8.42 Å². The molecule has 4 nitrogen and oxygen atoms in total. The molecule has 0 atom stereocenters. The Labute approximate surface area is 101 Å². The molecule has 0 bridgehead atoms. The first-order valence-electron chi connectivity index (χ1n) is 4.72. The van der Waals surface area contributed by atoms with E-state index in [1.807, 2.05) is 6.07 Å². The van der Waals surface area contributed by atoms with Crippen LogP contribution < -0.4 is 10.0 Å². The van der Waals surface area contributed by atoms with E-state index >= 15 is 0 Å². The van der Waals surface area contributed by atoms with E-state index in [9.17, 15) is 8.42 Å². The van der Waals surface area contributed by atoms with E-state index in [4.69, 9.17) is 18.0 Å². The highest BCUT2D eigenvalue weighted by Gasteiger charge is 2.16. The van der Waals surface area contributed by atoms with Crippen molar-refractivity contribution in [2.45, 2.75) is 6.42 Å². The quantitative estimate of drug-likeness (QED) is 0.804. The van der Waals surface area contributed by atoms with Crippen molar-refractivity contribution in [2.24, 2.45) is 5.73 Å². The number of nitrogens with two attached hydrogens (primary N) is 1. The fourth-order valence-electron chi connectivity index (χ4n) is 1.29. The van der Waals surface area contributed by atoms with E-state index in [0.717, 1.165) is 0 Å². The molecule has 88 valence electrons. The molecule has 2 N–H and O–H groups in total. The summed E-state index contributed by atoms with van der Waals surface area (Å²) in [6.45, 7) is 0.276. The fraction of sp³-hybridized carbons (Fsp3) is 0.300. The van der Waals surface area contributed by atoms with Gasteiger partial charge in [-0.1, -0.05) is 30.4 Å². The van der Waals surface area contributed by atoms with Crippen molar-refractivity contribution in [3.8, 4) is 0 Å². The van der Waals surface area contributed by atoms with E-state index in [-0.39, 0.29) is 6.54 Å². The van der Waals surface area contributed by atoms with Crippen LogP contribution in [0.25, 0.3) is 0 Å². The molecule has 1 aromatic rings. The first-order valence-corrected chi connectivity index (χ1v) is 6.98. The molecule has 0 heterocycles. The highest BCUT2D eigenvalue weighted by atomic mass is 32.2. The van der Waals surface area contributed by atoms with E-state index in [1.54, 1.807) is 24.3 Å². The minimum absolute atomic E-state index is 0.276. The molecule has 0 aliphatic carbocycles. The van der Waals surface area contributed by atoms with Crippen molar-refractivity contribution >= 4 is 32.9 Å². The molecule has 0 saturated heterocycles. The second-order valence-corrected chi connectivity index (χ2v) is 5.82. The van der Waals surface area contributed by atoms with Gasteiger partial charge in [-0.3, -0.25) is 4.31 Å². The lowest BCUT2D eigenvalue weighted by Crippen LogP contribution is -2.32. The summed E-state index contributed by atoms with van der Waals surface area (Å²) in [4.78, 5) is 0.310. The Morgan fingerprint density at radius 3 is 2.38 bits per heavy atom. The van der Waals surface area contributed by atoms with Gasteiger partial charge in [0.25, 0.3) is 0 Å². The zero-order valence-electron chi connectivity index (χ0n) is 8.96. The summed E-state index contributed by atoms with van der Waals surface area (Å²) >= 11 is 4.74. The van der Waals surface area contributed by atoms with Gasteiger partial charge in [0.15, 0.2) is 0 Å². The lowest BCUT2D eigenvalue weighted by molar-refractivity contribution is 0.597. The fourth-order valence-corrected chi connectivity index (χ4v) is 2.31. The van der Waals surface area contributed by atoms with Crippen LogP contribution in [-0.4, -0.2) is 26.2 Å². The number of rotatable bonds is 5. The highest BCUT2D eigenvalue weighted by molar-refractivity contribution is 7.92. The molecule has 0 aliphatic heterocycles. The maximum absolute atomic E-state index is 11.6. The van der Waals surface area contributed by atoms with Gasteiger partial charge in [-0.05, 0) is 12.1 Å². The van der Waals surface area contributed by atoms with Gasteiger partial charge in [-0.15, -0.1) is 0 Å². The first kappa shape index (κ1) is 12.9. The third kappa shape index (κ3) is 3.79. The summed E-state index contributed by atoms with van der Waals surface area (Å²) in [6.07, 6.45) is 1.54. The van der Waals surface area contributed by atoms with Gasteiger partial charge in [0.2, 0.25) is 10.0 Å². The zero-order chi connectivity index (χ0) is 12.2. The molecular weight excluding hydrogens is 244 g/mol. The van der Waals surface area contributed by atoms with Crippen LogP contribution in [0.1, 0.15) is 6.42 Å². The number of anilines is 1. The van der Waals surface area contributed by atoms with Crippen molar-refractivity contribution in [1.29, 1.82) is 0 Å². The predicted octanol–water partition coefficient (Wildman–Crippen LogP) is 1.13. The maximum atomic E-state index is 11.6. The van der Waals surface area contributed by atoms with Crippen LogP contribution in [0.15, 0.2) is 30.3 Å². The van der Waals surface area contributed by atoms with Crippen LogP contribution in [-0.2, 0) is 10.0 Å². The molecule has 6 heteroatoms. The summed E-state index contributed by atoms with van der Waals surface area (Å²) in [5.74, 6) is 0. The zero-order valence-corrected chi connectivity index (χ0v) is 10.6. The van der Waals surface area contributed by atoms with Crippen LogP contribution in [0.4, 0.5) is 5.69 Å². The number of hydrogen-bond donors (Lipinski definition) is 1. The Bertz CT molecular complexity index is 457. The molecule has 16 heavy (non-hydrogen) atoms.